The smallest absolute Gasteiger partial charge is 0.0825 e. The zero-order chi connectivity index (χ0) is 33.8. The monoisotopic (exact) mass is 651 g/mol. The van der Waals surface area contributed by atoms with Gasteiger partial charge in [-0.25, -0.2) is 4.52 Å². The van der Waals surface area contributed by atoms with Gasteiger partial charge in [-0.2, -0.15) is 5.10 Å². The highest BCUT2D eigenvalue weighted by Crippen LogP contribution is 2.51. The maximum atomic E-state index is 4.96. The third-order valence-electron chi connectivity index (χ3n) is 11.4. The normalized spacial score (nSPS) is 13.5. The van der Waals surface area contributed by atoms with Gasteiger partial charge in [0.05, 0.1) is 28.3 Å². The molecule has 0 N–H and O–H groups in total. The summed E-state index contributed by atoms with van der Waals surface area (Å²) in [5.74, 6) is 0. The van der Waals surface area contributed by atoms with Crippen molar-refractivity contribution >= 4 is 49.0 Å². The summed E-state index contributed by atoms with van der Waals surface area (Å²) in [6.07, 6.45) is 2.05. The first-order valence-electron chi connectivity index (χ1n) is 17.7. The van der Waals surface area contributed by atoms with Crippen LogP contribution in [-0.4, -0.2) is 14.2 Å². The Labute approximate surface area is 295 Å². The quantitative estimate of drug-likeness (QED) is 0.174. The number of fused-ring (bicyclic) bond motifs is 12. The van der Waals surface area contributed by atoms with Crippen LogP contribution in [-0.2, 0) is 5.41 Å². The number of hydrogen-bond donors (Lipinski definition) is 0. The van der Waals surface area contributed by atoms with Crippen molar-refractivity contribution in [1.29, 1.82) is 0 Å². The van der Waals surface area contributed by atoms with E-state index in [0.717, 1.165) is 16.6 Å². The molecule has 0 fully saturated rings. The van der Waals surface area contributed by atoms with Gasteiger partial charge in [-0.1, -0.05) is 123 Å². The number of nitrogens with zero attached hydrogens (tertiary/aromatic N) is 3. The van der Waals surface area contributed by atoms with Crippen molar-refractivity contribution in [3.63, 3.8) is 0 Å². The van der Waals surface area contributed by atoms with E-state index in [2.05, 4.69) is 181 Å². The number of benzene rings is 7. The predicted molar refractivity (Wildman–Crippen MR) is 213 cm³/mol. The Balaban J connectivity index is 1.04. The zero-order valence-electron chi connectivity index (χ0n) is 28.4. The second-order valence-corrected chi connectivity index (χ2v) is 14.4. The van der Waals surface area contributed by atoms with Crippen molar-refractivity contribution < 1.29 is 0 Å². The van der Waals surface area contributed by atoms with Crippen LogP contribution in [0, 0.1) is 0 Å². The molecular formula is C48H33N3. The first kappa shape index (κ1) is 28.4. The first-order chi connectivity index (χ1) is 25.1. The Kier molecular flexibility index (Phi) is 5.73. The molecule has 3 heterocycles. The molecule has 0 spiro atoms. The van der Waals surface area contributed by atoms with E-state index in [1.54, 1.807) is 0 Å². The van der Waals surface area contributed by atoms with E-state index in [9.17, 15) is 0 Å². The van der Waals surface area contributed by atoms with E-state index >= 15 is 0 Å². The third-order valence-corrected chi connectivity index (χ3v) is 11.4. The van der Waals surface area contributed by atoms with Gasteiger partial charge in [0.15, 0.2) is 0 Å². The molecule has 0 saturated heterocycles. The molecule has 10 aromatic rings. The molecule has 0 saturated carbocycles. The highest BCUT2D eigenvalue weighted by Gasteiger charge is 2.36. The van der Waals surface area contributed by atoms with Gasteiger partial charge in [0.25, 0.3) is 0 Å². The van der Waals surface area contributed by atoms with Gasteiger partial charge in [0.2, 0.25) is 0 Å². The topological polar surface area (TPSA) is 22.2 Å². The highest BCUT2D eigenvalue weighted by molar-refractivity contribution is 6.15. The average molecular weight is 652 g/mol. The molecule has 7 aromatic carbocycles. The van der Waals surface area contributed by atoms with Crippen molar-refractivity contribution in [2.45, 2.75) is 19.3 Å². The van der Waals surface area contributed by atoms with E-state index in [1.165, 1.54) is 82.6 Å². The summed E-state index contributed by atoms with van der Waals surface area (Å²) in [4.78, 5) is 0. The molecule has 0 aliphatic heterocycles. The standard InChI is InChI=1S/C48H33N3/c1-48(2)42-27-31(30-22-25-45-40(26-30)38-16-8-10-18-44(38)50(45)33-12-4-3-5-13-33)20-23-35(42)36-24-21-32(28-43(36)48)41-29-49-51-46-19-11-9-15-37(46)34-14-6-7-17-39(34)47(41)51/h3-29H,1-2H3. The molecule has 51 heavy (non-hydrogen) atoms. The maximum absolute atomic E-state index is 4.96. The Hall–Kier alpha value is -6.45. The van der Waals surface area contributed by atoms with Crippen LogP contribution >= 0.6 is 0 Å². The molecule has 3 heteroatoms. The summed E-state index contributed by atoms with van der Waals surface area (Å²) in [5.41, 5.74) is 16.0. The van der Waals surface area contributed by atoms with Crippen LogP contribution in [0.5, 0.6) is 0 Å². The number of para-hydroxylation sites is 3. The fourth-order valence-electron chi connectivity index (χ4n) is 8.90. The van der Waals surface area contributed by atoms with Gasteiger partial charge >= 0.3 is 0 Å². The Morgan fingerprint density at radius 1 is 0.431 bits per heavy atom. The van der Waals surface area contributed by atoms with E-state index in [1.807, 2.05) is 6.20 Å². The molecule has 1 aliphatic rings. The summed E-state index contributed by atoms with van der Waals surface area (Å²) >= 11 is 0. The Morgan fingerprint density at radius 2 is 0.980 bits per heavy atom. The lowest BCUT2D eigenvalue weighted by molar-refractivity contribution is 0.661. The largest absolute Gasteiger partial charge is 0.309 e. The Bertz CT molecular complexity index is 3050. The lowest BCUT2D eigenvalue weighted by Gasteiger charge is -2.22. The lowest BCUT2D eigenvalue weighted by Crippen LogP contribution is -2.15. The number of hydrogen-bond acceptors (Lipinski definition) is 1. The number of aromatic nitrogens is 3. The minimum absolute atomic E-state index is 0.165. The second-order valence-electron chi connectivity index (χ2n) is 14.4. The van der Waals surface area contributed by atoms with E-state index in [0.29, 0.717) is 0 Å². The van der Waals surface area contributed by atoms with Crippen LogP contribution in [0.25, 0.3) is 88.1 Å². The van der Waals surface area contributed by atoms with Crippen molar-refractivity contribution in [3.05, 3.63) is 175 Å². The van der Waals surface area contributed by atoms with Crippen LogP contribution < -0.4 is 0 Å². The van der Waals surface area contributed by atoms with Gasteiger partial charge in [-0.15, -0.1) is 0 Å². The molecule has 0 unspecified atom stereocenters. The van der Waals surface area contributed by atoms with Gasteiger partial charge in [0, 0.05) is 38.2 Å². The van der Waals surface area contributed by atoms with Crippen molar-refractivity contribution in [3.8, 4) is 39.1 Å². The minimum atomic E-state index is -0.165. The molecule has 1 aliphatic carbocycles. The summed E-state index contributed by atoms with van der Waals surface area (Å²) < 4.78 is 4.50. The van der Waals surface area contributed by atoms with Gasteiger partial charge < -0.3 is 4.57 Å². The van der Waals surface area contributed by atoms with Crippen LogP contribution in [0.3, 0.4) is 0 Å². The van der Waals surface area contributed by atoms with E-state index < -0.39 is 0 Å². The molecule has 3 nitrogen and oxygen atoms in total. The molecule has 3 aromatic heterocycles. The highest BCUT2D eigenvalue weighted by atomic mass is 15.2. The lowest BCUT2D eigenvalue weighted by atomic mass is 9.81. The Morgan fingerprint density at radius 3 is 1.75 bits per heavy atom. The summed E-state index contributed by atoms with van der Waals surface area (Å²) in [5, 5.41) is 11.2. The van der Waals surface area contributed by atoms with E-state index in [-0.39, 0.29) is 5.41 Å². The van der Waals surface area contributed by atoms with Crippen molar-refractivity contribution in [2.24, 2.45) is 0 Å². The molecular weight excluding hydrogens is 619 g/mol. The second kappa shape index (κ2) is 10.3. The van der Waals surface area contributed by atoms with Gasteiger partial charge in [0.1, 0.15) is 0 Å². The molecule has 0 radical (unpaired) electrons. The molecule has 11 rings (SSSR count). The third kappa shape index (κ3) is 3.92. The summed E-state index contributed by atoms with van der Waals surface area (Å²) in [6, 6.07) is 57.8. The van der Waals surface area contributed by atoms with Crippen LogP contribution in [0.2, 0.25) is 0 Å². The number of rotatable bonds is 3. The molecule has 0 amide bonds. The van der Waals surface area contributed by atoms with Crippen LogP contribution in [0.15, 0.2) is 164 Å². The summed E-state index contributed by atoms with van der Waals surface area (Å²) in [6.45, 7) is 4.75. The summed E-state index contributed by atoms with van der Waals surface area (Å²) in [7, 11) is 0. The van der Waals surface area contributed by atoms with Crippen molar-refractivity contribution in [2.75, 3.05) is 0 Å². The molecule has 0 bridgehead atoms. The SMILES string of the molecule is CC1(C)c2cc(-c3ccc4c(c3)c3ccccc3n4-c3ccccc3)ccc2-c2ccc(-c3cnn4c5ccccc5c5ccccc5c34)cc21. The average Bonchev–Trinajstić information content (AvgIpc) is 3.84. The maximum Gasteiger partial charge on any atom is 0.0825 e. The first-order valence-corrected chi connectivity index (χ1v) is 17.7. The fraction of sp³-hybridized carbons (Fsp3) is 0.0625. The predicted octanol–water partition coefficient (Wildman–Crippen LogP) is 12.4. The fourth-order valence-corrected chi connectivity index (χ4v) is 8.90. The van der Waals surface area contributed by atoms with Crippen LogP contribution in [0.1, 0.15) is 25.0 Å². The van der Waals surface area contributed by atoms with Crippen molar-refractivity contribution in [1.82, 2.24) is 14.2 Å². The minimum Gasteiger partial charge on any atom is -0.309 e. The van der Waals surface area contributed by atoms with E-state index in [4.69, 9.17) is 5.10 Å². The molecule has 0 atom stereocenters. The number of pyridine rings is 1. The van der Waals surface area contributed by atoms with Gasteiger partial charge in [-0.3, -0.25) is 0 Å². The zero-order valence-corrected chi connectivity index (χ0v) is 28.4. The van der Waals surface area contributed by atoms with Gasteiger partial charge in [-0.05, 0) is 92.9 Å². The van der Waals surface area contributed by atoms with Crippen LogP contribution in [0.4, 0.5) is 0 Å². The molecule has 240 valence electrons.